The summed E-state index contributed by atoms with van der Waals surface area (Å²) in [5.74, 6) is 0. The number of nitrogens with one attached hydrogen (secondary N) is 1. The van der Waals surface area contributed by atoms with Gasteiger partial charge in [0.1, 0.15) is 6.67 Å². The lowest BCUT2D eigenvalue weighted by Crippen LogP contribution is -2.18. The molecule has 0 aromatic rings. The summed E-state index contributed by atoms with van der Waals surface area (Å²) >= 11 is 0. The van der Waals surface area contributed by atoms with Gasteiger partial charge in [0.15, 0.2) is 0 Å². The molecular weight excluding hydrogens is 126 g/mol. The summed E-state index contributed by atoms with van der Waals surface area (Å²) in [6, 6.07) is 0. The van der Waals surface area contributed by atoms with Crippen LogP contribution in [0.4, 0.5) is 0 Å². The van der Waals surface area contributed by atoms with Crippen molar-refractivity contribution >= 4 is 5.71 Å². The van der Waals surface area contributed by atoms with E-state index in [9.17, 15) is 0 Å². The minimum Gasteiger partial charge on any atom is -0.363 e. The second-order valence-corrected chi connectivity index (χ2v) is 2.40. The van der Waals surface area contributed by atoms with Crippen LogP contribution in [0.15, 0.2) is 29.2 Å². The normalized spacial score (nSPS) is 21.5. The van der Waals surface area contributed by atoms with Gasteiger partial charge in [-0.05, 0) is 6.08 Å². The Hall–Kier alpha value is -1.25. The van der Waals surface area contributed by atoms with Crippen molar-refractivity contribution in [3.8, 4) is 0 Å². The zero-order valence-corrected chi connectivity index (χ0v) is 5.83. The highest BCUT2D eigenvalue weighted by atomic mass is 15.1. The molecule has 0 spiro atoms. The van der Waals surface area contributed by atoms with Crippen molar-refractivity contribution in [2.45, 2.75) is 0 Å². The van der Waals surface area contributed by atoms with Gasteiger partial charge in [-0.2, -0.15) is 0 Å². The molecular formula is C7H9N3. The molecule has 0 atom stereocenters. The molecule has 2 rings (SSSR count). The molecule has 0 aromatic heterocycles. The Bertz CT molecular complexity index is 237. The van der Waals surface area contributed by atoms with Gasteiger partial charge in [-0.25, -0.2) is 0 Å². The molecule has 2 aliphatic rings. The summed E-state index contributed by atoms with van der Waals surface area (Å²) < 4.78 is 0. The molecule has 0 saturated heterocycles. The number of allylic oxidation sites excluding steroid dienone is 1. The number of fused-ring (bicyclic) bond motifs is 1. The average molecular weight is 135 g/mol. The van der Waals surface area contributed by atoms with E-state index in [1.165, 1.54) is 0 Å². The van der Waals surface area contributed by atoms with Gasteiger partial charge in [0.25, 0.3) is 0 Å². The maximum absolute atomic E-state index is 4.22. The molecule has 0 amide bonds. The second-order valence-electron chi connectivity index (χ2n) is 2.40. The average Bonchev–Trinajstić information content (AvgIpc) is 2.33. The summed E-state index contributed by atoms with van der Waals surface area (Å²) in [4.78, 5) is 6.22. The predicted molar refractivity (Wildman–Crippen MR) is 40.4 cm³/mol. The van der Waals surface area contributed by atoms with Crippen molar-refractivity contribution in [2.24, 2.45) is 4.99 Å². The number of hydrogen-bond donors (Lipinski definition) is 1. The van der Waals surface area contributed by atoms with Crippen molar-refractivity contribution in [1.29, 1.82) is 0 Å². The quantitative estimate of drug-likeness (QED) is 0.517. The fraction of sp³-hybridized carbons (Fsp3) is 0.286. The zero-order chi connectivity index (χ0) is 6.97. The first kappa shape index (κ1) is 5.53. The molecule has 0 fully saturated rings. The number of aliphatic imine (C=N–C) groups is 1. The molecule has 2 aliphatic heterocycles. The second kappa shape index (κ2) is 1.87. The number of rotatable bonds is 0. The molecule has 52 valence electrons. The minimum absolute atomic E-state index is 0.722. The molecule has 3 nitrogen and oxygen atoms in total. The van der Waals surface area contributed by atoms with E-state index >= 15 is 0 Å². The minimum atomic E-state index is 0.722. The lowest BCUT2D eigenvalue weighted by molar-refractivity contribution is 0.613. The van der Waals surface area contributed by atoms with Crippen LogP contribution in [-0.2, 0) is 0 Å². The first-order valence-electron chi connectivity index (χ1n) is 3.27. The highest BCUT2D eigenvalue weighted by Crippen LogP contribution is 2.09. The number of hydrogen-bond acceptors (Lipinski definition) is 3. The van der Waals surface area contributed by atoms with Crippen LogP contribution in [0.3, 0.4) is 0 Å². The zero-order valence-electron chi connectivity index (χ0n) is 5.83. The molecule has 0 unspecified atom stereocenters. The highest BCUT2D eigenvalue weighted by molar-refractivity contribution is 6.09. The van der Waals surface area contributed by atoms with Crippen molar-refractivity contribution < 1.29 is 0 Å². The van der Waals surface area contributed by atoms with Gasteiger partial charge in [-0.1, -0.05) is 0 Å². The van der Waals surface area contributed by atoms with E-state index in [-0.39, 0.29) is 0 Å². The van der Waals surface area contributed by atoms with E-state index in [0.717, 1.165) is 18.1 Å². The largest absolute Gasteiger partial charge is 0.363 e. The van der Waals surface area contributed by atoms with Crippen LogP contribution in [0, 0.1) is 0 Å². The summed E-state index contributed by atoms with van der Waals surface area (Å²) in [6.07, 6.45) is 6.04. The summed E-state index contributed by atoms with van der Waals surface area (Å²) in [7, 11) is 2.00. The first-order valence-corrected chi connectivity index (χ1v) is 3.27. The van der Waals surface area contributed by atoms with E-state index in [1.807, 2.05) is 30.4 Å². The summed E-state index contributed by atoms with van der Waals surface area (Å²) in [5.41, 5.74) is 2.20. The maximum atomic E-state index is 4.22. The van der Waals surface area contributed by atoms with E-state index in [2.05, 4.69) is 10.3 Å². The summed E-state index contributed by atoms with van der Waals surface area (Å²) in [6.45, 7) is 0.722. The van der Waals surface area contributed by atoms with E-state index in [4.69, 9.17) is 0 Å². The highest BCUT2D eigenvalue weighted by Gasteiger charge is 2.12. The van der Waals surface area contributed by atoms with Crippen LogP contribution in [0.25, 0.3) is 0 Å². The van der Waals surface area contributed by atoms with Gasteiger partial charge < -0.3 is 10.2 Å². The molecule has 10 heavy (non-hydrogen) atoms. The van der Waals surface area contributed by atoms with Crippen LogP contribution in [0.5, 0.6) is 0 Å². The maximum Gasteiger partial charge on any atom is 0.108 e. The van der Waals surface area contributed by atoms with Gasteiger partial charge in [0.05, 0.1) is 11.4 Å². The Morgan fingerprint density at radius 2 is 2.60 bits per heavy atom. The molecule has 3 heteroatoms. The topological polar surface area (TPSA) is 27.6 Å². The molecule has 2 heterocycles. The Morgan fingerprint density at radius 3 is 3.50 bits per heavy atom. The monoisotopic (exact) mass is 135 g/mol. The Balaban J connectivity index is 2.34. The predicted octanol–water partition coefficient (Wildman–Crippen LogP) is 0.289. The van der Waals surface area contributed by atoms with Crippen molar-refractivity contribution in [3.05, 3.63) is 24.2 Å². The van der Waals surface area contributed by atoms with Gasteiger partial charge >= 0.3 is 0 Å². The molecule has 0 radical (unpaired) electrons. The number of nitrogens with zero attached hydrogens (tertiary/aromatic N) is 2. The van der Waals surface area contributed by atoms with Crippen LogP contribution in [-0.4, -0.2) is 24.3 Å². The van der Waals surface area contributed by atoms with Gasteiger partial charge in [-0.3, -0.25) is 4.99 Å². The fourth-order valence-electron chi connectivity index (χ4n) is 1.07. The Kier molecular flexibility index (Phi) is 1.03. The summed E-state index contributed by atoms with van der Waals surface area (Å²) in [5, 5.41) is 3.15. The van der Waals surface area contributed by atoms with E-state index in [1.54, 1.807) is 0 Å². The fourth-order valence-corrected chi connectivity index (χ4v) is 1.07. The van der Waals surface area contributed by atoms with Crippen LogP contribution < -0.4 is 5.32 Å². The third kappa shape index (κ3) is 0.708. The SMILES string of the molecule is CN1C=CC2=NCNC2=C1. The van der Waals surface area contributed by atoms with Crippen molar-refractivity contribution in [2.75, 3.05) is 13.7 Å². The third-order valence-corrected chi connectivity index (χ3v) is 1.60. The van der Waals surface area contributed by atoms with Gasteiger partial charge in [-0.15, -0.1) is 0 Å². The standard InChI is InChI=1S/C7H9N3/c1-10-3-2-6-7(4-10)9-5-8-6/h2-4,9H,5H2,1H3. The smallest absolute Gasteiger partial charge is 0.108 e. The lowest BCUT2D eigenvalue weighted by Gasteiger charge is -2.13. The molecule has 0 aliphatic carbocycles. The first-order chi connectivity index (χ1) is 4.86. The third-order valence-electron chi connectivity index (χ3n) is 1.60. The molecule has 0 saturated carbocycles. The van der Waals surface area contributed by atoms with Crippen LogP contribution in [0.2, 0.25) is 0 Å². The van der Waals surface area contributed by atoms with Gasteiger partial charge in [0.2, 0.25) is 0 Å². The van der Waals surface area contributed by atoms with E-state index < -0.39 is 0 Å². The van der Waals surface area contributed by atoms with Crippen molar-refractivity contribution in [1.82, 2.24) is 10.2 Å². The molecule has 0 aromatic carbocycles. The molecule has 1 N–H and O–H groups in total. The van der Waals surface area contributed by atoms with E-state index in [0.29, 0.717) is 0 Å². The Morgan fingerprint density at radius 1 is 1.70 bits per heavy atom. The Labute approximate surface area is 59.7 Å². The van der Waals surface area contributed by atoms with Crippen LogP contribution in [0.1, 0.15) is 0 Å². The van der Waals surface area contributed by atoms with Crippen LogP contribution >= 0.6 is 0 Å². The van der Waals surface area contributed by atoms with Gasteiger partial charge in [0, 0.05) is 19.4 Å². The van der Waals surface area contributed by atoms with Crippen molar-refractivity contribution in [3.63, 3.8) is 0 Å². The lowest BCUT2D eigenvalue weighted by atomic mass is 10.2. The molecule has 0 bridgehead atoms.